The summed E-state index contributed by atoms with van der Waals surface area (Å²) in [5.41, 5.74) is 3.02. The molecule has 1 atom stereocenters. The van der Waals surface area contributed by atoms with Gasteiger partial charge in [-0.15, -0.1) is 0 Å². The number of hydrogen-bond donors (Lipinski definition) is 1. The predicted octanol–water partition coefficient (Wildman–Crippen LogP) is 4.42. The largest absolute Gasteiger partial charge is 0.489 e. The molecule has 8 nitrogen and oxygen atoms in total. The quantitative estimate of drug-likeness (QED) is 0.251. The van der Waals surface area contributed by atoms with Crippen molar-refractivity contribution >= 4 is 27.5 Å². The number of nitrogens with one attached hydrogen (secondary N) is 1. The van der Waals surface area contributed by atoms with Crippen molar-refractivity contribution in [2.45, 2.75) is 25.6 Å². The van der Waals surface area contributed by atoms with Crippen LogP contribution in [0, 0.1) is 0 Å². The minimum Gasteiger partial charge on any atom is -0.489 e. The Balaban J connectivity index is 1.60. The van der Waals surface area contributed by atoms with Crippen LogP contribution in [0.3, 0.4) is 0 Å². The number of anilines is 1. The Morgan fingerprint density at radius 1 is 0.762 bits per heavy atom. The van der Waals surface area contributed by atoms with E-state index in [9.17, 15) is 18.0 Å². The van der Waals surface area contributed by atoms with Crippen molar-refractivity contribution in [1.82, 2.24) is 10.2 Å². The van der Waals surface area contributed by atoms with Crippen molar-refractivity contribution < 1.29 is 22.7 Å². The molecule has 42 heavy (non-hydrogen) atoms. The first-order chi connectivity index (χ1) is 20.2. The van der Waals surface area contributed by atoms with E-state index in [1.165, 1.54) is 11.9 Å². The van der Waals surface area contributed by atoms with Gasteiger partial charge in [0.25, 0.3) is 0 Å². The molecular formula is C33H35N3O5S. The SMILES string of the molecule is CNC(=O)C(Cc1ccccc1)N(Cc1ccccc1)C(=O)CN(c1ccc(OCc2ccccc2)cc1)S(C)(=O)=O. The summed E-state index contributed by atoms with van der Waals surface area (Å²) in [5, 5.41) is 2.67. The van der Waals surface area contributed by atoms with E-state index in [2.05, 4.69) is 5.32 Å². The third-order valence-corrected chi connectivity index (χ3v) is 7.91. The van der Waals surface area contributed by atoms with Gasteiger partial charge in [0.1, 0.15) is 24.9 Å². The lowest BCUT2D eigenvalue weighted by molar-refractivity contribution is -0.139. The Morgan fingerprint density at radius 2 is 1.29 bits per heavy atom. The maximum atomic E-state index is 14.0. The number of likely N-dealkylation sites (N-methyl/N-ethyl adjacent to an activating group) is 1. The van der Waals surface area contributed by atoms with Crippen molar-refractivity contribution in [3.63, 3.8) is 0 Å². The number of ether oxygens (including phenoxy) is 1. The molecule has 0 saturated carbocycles. The summed E-state index contributed by atoms with van der Waals surface area (Å²) in [5.74, 6) is -0.275. The lowest BCUT2D eigenvalue weighted by Crippen LogP contribution is -2.52. The van der Waals surface area contributed by atoms with Crippen LogP contribution >= 0.6 is 0 Å². The summed E-state index contributed by atoms with van der Waals surface area (Å²) < 4.78 is 32.8. The van der Waals surface area contributed by atoms with Crippen LogP contribution in [0.4, 0.5) is 5.69 Å². The molecule has 218 valence electrons. The molecule has 4 aromatic rings. The molecule has 0 saturated heterocycles. The van der Waals surface area contributed by atoms with Crippen molar-refractivity contribution in [2.75, 3.05) is 24.2 Å². The summed E-state index contributed by atoms with van der Waals surface area (Å²) in [4.78, 5) is 28.6. The van der Waals surface area contributed by atoms with Crippen molar-refractivity contribution in [2.24, 2.45) is 0 Å². The lowest BCUT2D eigenvalue weighted by atomic mass is 10.0. The smallest absolute Gasteiger partial charge is 0.244 e. The molecule has 0 aliphatic heterocycles. The minimum atomic E-state index is -3.85. The fourth-order valence-electron chi connectivity index (χ4n) is 4.56. The number of hydrogen-bond acceptors (Lipinski definition) is 5. The van der Waals surface area contributed by atoms with Crippen LogP contribution in [-0.4, -0.2) is 51.0 Å². The highest BCUT2D eigenvalue weighted by molar-refractivity contribution is 7.92. The summed E-state index contributed by atoms with van der Waals surface area (Å²) in [7, 11) is -2.33. The van der Waals surface area contributed by atoms with E-state index in [1.54, 1.807) is 24.3 Å². The maximum absolute atomic E-state index is 14.0. The number of carbonyl (C=O) groups excluding carboxylic acids is 2. The first-order valence-corrected chi connectivity index (χ1v) is 15.4. The summed E-state index contributed by atoms with van der Waals surface area (Å²) in [6, 6.07) is 34.1. The van der Waals surface area contributed by atoms with Crippen LogP contribution < -0.4 is 14.4 Å². The lowest BCUT2D eigenvalue weighted by Gasteiger charge is -2.33. The van der Waals surface area contributed by atoms with Gasteiger partial charge in [-0.05, 0) is 41.0 Å². The maximum Gasteiger partial charge on any atom is 0.244 e. The number of nitrogens with zero attached hydrogens (tertiary/aromatic N) is 2. The average molecular weight is 586 g/mol. The molecule has 0 fully saturated rings. The average Bonchev–Trinajstić information content (AvgIpc) is 3.01. The van der Waals surface area contributed by atoms with E-state index < -0.39 is 28.5 Å². The molecule has 4 aromatic carbocycles. The van der Waals surface area contributed by atoms with E-state index in [-0.39, 0.29) is 18.9 Å². The number of carbonyl (C=O) groups is 2. The van der Waals surface area contributed by atoms with E-state index >= 15 is 0 Å². The van der Waals surface area contributed by atoms with Crippen molar-refractivity contribution in [3.05, 3.63) is 132 Å². The van der Waals surface area contributed by atoms with E-state index in [0.29, 0.717) is 18.0 Å². The summed E-state index contributed by atoms with van der Waals surface area (Å²) in [6.07, 6.45) is 1.33. The molecule has 0 aliphatic carbocycles. The first-order valence-electron chi connectivity index (χ1n) is 13.6. The van der Waals surface area contributed by atoms with Crippen LogP contribution in [0.2, 0.25) is 0 Å². The highest BCUT2D eigenvalue weighted by Crippen LogP contribution is 2.24. The second-order valence-corrected chi connectivity index (χ2v) is 11.8. The van der Waals surface area contributed by atoms with Gasteiger partial charge >= 0.3 is 0 Å². The van der Waals surface area contributed by atoms with E-state index in [0.717, 1.165) is 27.3 Å². The summed E-state index contributed by atoms with van der Waals surface area (Å²) >= 11 is 0. The minimum absolute atomic E-state index is 0.133. The second-order valence-electron chi connectivity index (χ2n) is 9.86. The third kappa shape index (κ3) is 8.44. The molecule has 0 heterocycles. The molecule has 0 aromatic heterocycles. The fourth-order valence-corrected chi connectivity index (χ4v) is 5.41. The zero-order chi connectivity index (χ0) is 30.0. The Hall–Kier alpha value is -4.63. The zero-order valence-corrected chi connectivity index (χ0v) is 24.5. The van der Waals surface area contributed by atoms with E-state index in [1.807, 2.05) is 91.0 Å². The van der Waals surface area contributed by atoms with E-state index in [4.69, 9.17) is 4.74 Å². The Kier molecular flexibility index (Phi) is 10.3. The first kappa shape index (κ1) is 30.3. The Bertz CT molecular complexity index is 1550. The highest BCUT2D eigenvalue weighted by Gasteiger charge is 2.32. The predicted molar refractivity (Wildman–Crippen MR) is 164 cm³/mol. The standard InChI is InChI=1S/C33H35N3O5S/c1-34-33(38)31(22-26-12-6-3-7-13-26)35(23-27-14-8-4-9-15-27)32(37)24-36(42(2,39)40)29-18-20-30(21-19-29)41-25-28-16-10-5-11-17-28/h3-21,31H,22-25H2,1-2H3,(H,34,38). The molecule has 9 heteroatoms. The molecular weight excluding hydrogens is 550 g/mol. The summed E-state index contributed by atoms with van der Waals surface area (Å²) in [6.45, 7) is 0.0256. The van der Waals surface area contributed by atoms with Gasteiger partial charge in [-0.2, -0.15) is 0 Å². The Morgan fingerprint density at radius 3 is 1.81 bits per heavy atom. The molecule has 0 aliphatic rings. The van der Waals surface area contributed by atoms with Gasteiger partial charge in [0.2, 0.25) is 21.8 Å². The van der Waals surface area contributed by atoms with Gasteiger partial charge in [0, 0.05) is 20.0 Å². The monoisotopic (exact) mass is 585 g/mol. The van der Waals surface area contributed by atoms with Crippen LogP contribution in [0.1, 0.15) is 16.7 Å². The molecule has 1 unspecified atom stereocenters. The van der Waals surface area contributed by atoms with Crippen LogP contribution in [0.15, 0.2) is 115 Å². The third-order valence-electron chi connectivity index (χ3n) is 6.77. The van der Waals surface area contributed by atoms with Gasteiger partial charge in [-0.1, -0.05) is 91.0 Å². The van der Waals surface area contributed by atoms with Gasteiger partial charge in [-0.3, -0.25) is 13.9 Å². The molecule has 1 N–H and O–H groups in total. The van der Waals surface area contributed by atoms with Crippen molar-refractivity contribution in [1.29, 1.82) is 0 Å². The molecule has 0 bridgehead atoms. The number of rotatable bonds is 13. The van der Waals surface area contributed by atoms with Gasteiger partial charge < -0.3 is 15.0 Å². The van der Waals surface area contributed by atoms with Gasteiger partial charge in [0.05, 0.1) is 11.9 Å². The van der Waals surface area contributed by atoms with Crippen LogP contribution in [0.5, 0.6) is 5.75 Å². The fraction of sp³-hybridized carbons (Fsp3) is 0.212. The van der Waals surface area contributed by atoms with Crippen LogP contribution in [-0.2, 0) is 39.2 Å². The topological polar surface area (TPSA) is 96.0 Å². The second kappa shape index (κ2) is 14.3. The highest BCUT2D eigenvalue weighted by atomic mass is 32.2. The van der Waals surface area contributed by atoms with Gasteiger partial charge in [-0.25, -0.2) is 8.42 Å². The molecule has 0 spiro atoms. The molecule has 4 rings (SSSR count). The molecule has 2 amide bonds. The number of benzene rings is 4. The van der Waals surface area contributed by atoms with Crippen LogP contribution in [0.25, 0.3) is 0 Å². The number of amides is 2. The van der Waals surface area contributed by atoms with Crippen molar-refractivity contribution in [3.8, 4) is 5.75 Å². The Labute approximate surface area is 247 Å². The zero-order valence-electron chi connectivity index (χ0n) is 23.7. The van der Waals surface area contributed by atoms with Gasteiger partial charge in [0.15, 0.2) is 0 Å². The normalized spacial score (nSPS) is 11.8. The molecule has 0 radical (unpaired) electrons. The number of sulfonamides is 1.